The second-order valence-electron chi connectivity index (χ2n) is 6.06. The van der Waals surface area contributed by atoms with Gasteiger partial charge in [0.25, 0.3) is 11.9 Å². The van der Waals surface area contributed by atoms with Crippen molar-refractivity contribution in [1.29, 1.82) is 0 Å². The van der Waals surface area contributed by atoms with Gasteiger partial charge < -0.3 is 4.74 Å². The molecule has 0 aliphatic rings. The molecule has 0 unspecified atom stereocenters. The van der Waals surface area contributed by atoms with Crippen LogP contribution in [0.3, 0.4) is 0 Å². The van der Waals surface area contributed by atoms with Crippen molar-refractivity contribution in [2.24, 2.45) is 0 Å². The minimum atomic E-state index is -1.75. The van der Waals surface area contributed by atoms with E-state index in [0.29, 0.717) is 41.2 Å². The third-order valence-electron chi connectivity index (χ3n) is 4.13. The number of nitrogens with zero attached hydrogens (tertiary/aromatic N) is 5. The molecule has 0 N–H and O–H groups in total. The van der Waals surface area contributed by atoms with E-state index >= 15 is 0 Å². The van der Waals surface area contributed by atoms with Gasteiger partial charge in [-0.25, -0.2) is 8.78 Å². The number of hydrogen-bond donors (Lipinski definition) is 0. The molecular weight excluding hydrogens is 434 g/mol. The molecule has 0 saturated carbocycles. The zero-order valence-corrected chi connectivity index (χ0v) is 16.7. The summed E-state index contributed by atoms with van der Waals surface area (Å²) >= 11 is 0.393. The van der Waals surface area contributed by atoms with Crippen LogP contribution in [-0.2, 0) is 0 Å². The van der Waals surface area contributed by atoms with Gasteiger partial charge in [-0.15, -0.1) is 10.2 Å². The molecule has 3 aromatic heterocycles. The zero-order chi connectivity index (χ0) is 22.0. The fourth-order valence-corrected chi connectivity index (χ4v) is 3.66. The van der Waals surface area contributed by atoms with Gasteiger partial charge in [-0.2, -0.15) is 13.8 Å². The van der Waals surface area contributed by atoms with Crippen molar-refractivity contribution in [3.8, 4) is 22.8 Å². The molecule has 0 atom stereocenters. The van der Waals surface area contributed by atoms with Crippen molar-refractivity contribution < 1.29 is 22.3 Å². The standard InChI is InChI=1S/C20H13F4N5OS/c1-2-30-13-5-3-12(4-6-13)29-19(11-7-9-25-10-8-11)27-28-20(29)31-16-14(21)17(23)26-18(24)15(16)22/h3-10H,2H2,1H3. The van der Waals surface area contributed by atoms with Crippen LogP contribution in [0.1, 0.15) is 6.92 Å². The average Bonchev–Trinajstić information content (AvgIpc) is 3.20. The molecule has 0 spiro atoms. The summed E-state index contributed by atoms with van der Waals surface area (Å²) in [6.07, 6.45) is 3.10. The molecule has 0 bridgehead atoms. The summed E-state index contributed by atoms with van der Waals surface area (Å²) in [5.41, 5.74) is 1.16. The Balaban J connectivity index is 1.85. The maximum absolute atomic E-state index is 14.2. The van der Waals surface area contributed by atoms with Crippen LogP contribution in [0.15, 0.2) is 58.8 Å². The van der Waals surface area contributed by atoms with Gasteiger partial charge in [0, 0.05) is 18.0 Å². The van der Waals surface area contributed by atoms with E-state index in [-0.39, 0.29) is 5.16 Å². The SMILES string of the molecule is CCOc1ccc(-n2c(Sc3c(F)c(F)nc(F)c3F)nnc2-c2ccncc2)cc1. The van der Waals surface area contributed by atoms with Crippen LogP contribution in [-0.4, -0.2) is 31.3 Å². The fourth-order valence-electron chi connectivity index (χ4n) is 2.76. The van der Waals surface area contributed by atoms with Gasteiger partial charge in [-0.05, 0) is 55.1 Å². The number of rotatable bonds is 6. The Morgan fingerprint density at radius 2 is 1.55 bits per heavy atom. The van der Waals surface area contributed by atoms with Crippen LogP contribution in [0.25, 0.3) is 17.1 Å². The van der Waals surface area contributed by atoms with Crippen LogP contribution in [0.2, 0.25) is 0 Å². The van der Waals surface area contributed by atoms with Gasteiger partial charge in [0.05, 0.1) is 17.2 Å². The van der Waals surface area contributed by atoms with Crippen LogP contribution in [0.4, 0.5) is 17.6 Å². The first kappa shape index (κ1) is 20.8. The lowest BCUT2D eigenvalue weighted by Gasteiger charge is -2.12. The third kappa shape index (κ3) is 4.08. The highest BCUT2D eigenvalue weighted by molar-refractivity contribution is 7.99. The van der Waals surface area contributed by atoms with E-state index in [1.54, 1.807) is 48.8 Å². The highest BCUT2D eigenvalue weighted by Gasteiger charge is 2.25. The highest BCUT2D eigenvalue weighted by Crippen LogP contribution is 2.36. The van der Waals surface area contributed by atoms with E-state index in [4.69, 9.17) is 4.74 Å². The largest absolute Gasteiger partial charge is 0.494 e. The van der Waals surface area contributed by atoms with Crippen molar-refractivity contribution in [3.63, 3.8) is 0 Å². The van der Waals surface area contributed by atoms with Gasteiger partial charge in [-0.3, -0.25) is 9.55 Å². The second kappa shape index (κ2) is 8.72. The Labute approximate surface area is 177 Å². The molecule has 0 aliphatic heterocycles. The minimum absolute atomic E-state index is 0.0150. The molecule has 31 heavy (non-hydrogen) atoms. The third-order valence-corrected chi connectivity index (χ3v) is 5.14. The summed E-state index contributed by atoms with van der Waals surface area (Å²) in [6.45, 7) is 2.33. The molecule has 4 rings (SSSR count). The second-order valence-corrected chi connectivity index (χ2v) is 7.03. The molecule has 4 aromatic rings. The number of ether oxygens (including phenoxy) is 1. The maximum Gasteiger partial charge on any atom is 0.252 e. The normalized spacial score (nSPS) is 11.0. The predicted molar refractivity (Wildman–Crippen MR) is 104 cm³/mol. The van der Waals surface area contributed by atoms with E-state index in [0.717, 1.165) is 0 Å². The predicted octanol–water partition coefficient (Wildman–Crippen LogP) is 4.83. The van der Waals surface area contributed by atoms with Gasteiger partial charge >= 0.3 is 0 Å². The summed E-state index contributed by atoms with van der Waals surface area (Å²) in [5.74, 6) is -5.77. The number of benzene rings is 1. The first-order chi connectivity index (χ1) is 15.0. The summed E-state index contributed by atoms with van der Waals surface area (Å²) in [5, 5.41) is 8.08. The van der Waals surface area contributed by atoms with Crippen LogP contribution >= 0.6 is 11.8 Å². The Bertz CT molecular complexity index is 1190. The van der Waals surface area contributed by atoms with E-state index in [1.807, 2.05) is 6.92 Å². The quantitative estimate of drug-likeness (QED) is 0.312. The van der Waals surface area contributed by atoms with E-state index in [2.05, 4.69) is 20.2 Å². The van der Waals surface area contributed by atoms with Crippen molar-refractivity contribution in [3.05, 3.63) is 72.3 Å². The van der Waals surface area contributed by atoms with E-state index in [9.17, 15) is 17.6 Å². The summed E-state index contributed by atoms with van der Waals surface area (Å²) in [4.78, 5) is 5.62. The van der Waals surface area contributed by atoms with E-state index in [1.165, 1.54) is 4.57 Å². The van der Waals surface area contributed by atoms with Gasteiger partial charge in [0.1, 0.15) is 5.75 Å². The number of aromatic nitrogens is 5. The molecule has 0 amide bonds. The Kier molecular flexibility index (Phi) is 5.85. The molecule has 0 fully saturated rings. The van der Waals surface area contributed by atoms with Crippen molar-refractivity contribution >= 4 is 11.8 Å². The first-order valence-corrected chi connectivity index (χ1v) is 9.78. The number of pyridine rings is 2. The van der Waals surface area contributed by atoms with Crippen LogP contribution < -0.4 is 4.74 Å². The van der Waals surface area contributed by atoms with Crippen molar-refractivity contribution in [1.82, 2.24) is 24.7 Å². The zero-order valence-electron chi connectivity index (χ0n) is 15.9. The van der Waals surface area contributed by atoms with E-state index < -0.39 is 28.4 Å². The number of halogens is 4. The monoisotopic (exact) mass is 447 g/mol. The highest BCUT2D eigenvalue weighted by atomic mass is 32.2. The van der Waals surface area contributed by atoms with Crippen molar-refractivity contribution in [2.75, 3.05) is 6.61 Å². The van der Waals surface area contributed by atoms with Gasteiger partial charge in [0.15, 0.2) is 17.5 Å². The Morgan fingerprint density at radius 3 is 2.16 bits per heavy atom. The summed E-state index contributed by atoms with van der Waals surface area (Å²) < 4.78 is 62.4. The molecular formula is C20H13F4N5OS. The van der Waals surface area contributed by atoms with Gasteiger partial charge in [0.2, 0.25) is 5.16 Å². The lowest BCUT2D eigenvalue weighted by atomic mass is 10.2. The maximum atomic E-state index is 14.2. The fraction of sp³-hybridized carbons (Fsp3) is 0.100. The molecule has 0 saturated heterocycles. The molecule has 158 valence electrons. The lowest BCUT2D eigenvalue weighted by molar-refractivity contribution is 0.340. The Hall–Kier alpha value is -3.47. The molecule has 0 radical (unpaired) electrons. The number of hydrogen-bond acceptors (Lipinski definition) is 6. The molecule has 6 nitrogen and oxygen atoms in total. The lowest BCUT2D eigenvalue weighted by Crippen LogP contribution is -2.04. The van der Waals surface area contributed by atoms with Crippen LogP contribution in [0, 0.1) is 23.5 Å². The molecule has 3 heterocycles. The molecule has 1 aromatic carbocycles. The smallest absolute Gasteiger partial charge is 0.252 e. The minimum Gasteiger partial charge on any atom is -0.494 e. The van der Waals surface area contributed by atoms with Crippen LogP contribution in [0.5, 0.6) is 5.75 Å². The Morgan fingerprint density at radius 1 is 0.903 bits per heavy atom. The van der Waals surface area contributed by atoms with Gasteiger partial charge in [-0.1, -0.05) is 0 Å². The summed E-state index contributed by atoms with van der Waals surface area (Å²) in [6, 6.07) is 10.2. The average molecular weight is 447 g/mol. The first-order valence-electron chi connectivity index (χ1n) is 8.96. The summed E-state index contributed by atoms with van der Waals surface area (Å²) in [7, 11) is 0. The van der Waals surface area contributed by atoms with Crippen molar-refractivity contribution in [2.45, 2.75) is 17.0 Å². The topological polar surface area (TPSA) is 65.7 Å². The molecule has 11 heteroatoms. The molecule has 0 aliphatic carbocycles.